The number of morpholine rings is 1. The average molecular weight is 1530 g/mol. The van der Waals surface area contributed by atoms with Crippen LogP contribution in [0.25, 0.3) is 78.0 Å². The number of aryl methyl sites for hydroxylation is 4. The van der Waals surface area contributed by atoms with E-state index in [9.17, 15) is 14.0 Å². The number of halogens is 2. The molecule has 3 aliphatic rings. The molecule has 0 aliphatic carbocycles. The number of nitrogens with zero attached hydrogens (tertiary/aromatic N) is 18. The molecule has 0 saturated carbocycles. The van der Waals surface area contributed by atoms with Crippen LogP contribution in [0, 0.1) is 23.6 Å². The van der Waals surface area contributed by atoms with Crippen LogP contribution in [-0.4, -0.2) is 160 Å². The van der Waals surface area contributed by atoms with Crippen molar-refractivity contribution in [1.82, 2.24) is 94.8 Å². The van der Waals surface area contributed by atoms with Gasteiger partial charge in [-0.2, -0.15) is 15.3 Å². The molecule has 34 nitrogen and oxygen atoms in total. The fourth-order valence-corrected chi connectivity index (χ4v) is 13.0. The number of carbonyl (C=O) groups is 2. The van der Waals surface area contributed by atoms with Gasteiger partial charge in [-0.1, -0.05) is 35.9 Å². The Morgan fingerprint density at radius 2 is 1.03 bits per heavy atom. The number of nitrogens with one attached hydrogen (secondary N) is 6. The van der Waals surface area contributed by atoms with Gasteiger partial charge < -0.3 is 67.7 Å². The molecule has 17 rings (SSSR count). The van der Waals surface area contributed by atoms with Crippen LogP contribution in [0.4, 0.5) is 45.1 Å². The third-order valence-electron chi connectivity index (χ3n) is 18.0. The van der Waals surface area contributed by atoms with E-state index in [1.165, 1.54) is 31.4 Å². The quantitative estimate of drug-likeness (QED) is 0.0453. The van der Waals surface area contributed by atoms with E-state index in [2.05, 4.69) is 96.3 Å². The minimum absolute atomic E-state index is 0.0584. The number of benzene rings is 5. The molecule has 36 heteroatoms. The van der Waals surface area contributed by atoms with E-state index < -0.39 is 5.82 Å². The van der Waals surface area contributed by atoms with E-state index in [0.29, 0.717) is 134 Å². The lowest BCUT2D eigenvalue weighted by molar-refractivity contribution is 0.0957. The van der Waals surface area contributed by atoms with Crippen molar-refractivity contribution in [3.63, 3.8) is 0 Å². The molecular weight excluding hydrogens is 1460 g/mol. The zero-order valence-corrected chi connectivity index (χ0v) is 63.3. The summed E-state index contributed by atoms with van der Waals surface area (Å²) < 4.78 is 41.8. The Hall–Kier alpha value is -14.0. The SMILES string of the molecule is CC(C)Oc1ccc(-c2nn(C)c3ncnc(N)c23)cc1Cl.CC(C)Oc1ccc(-c2nn(C)c3ncnc(N4CCOCC4)c23)cc1F.CNc1ncnc(N)c1C(=N)c1ccc2c(c1)C(=O)NC2.CNc1ncnc(N)c1C(=N)c1ccc2c(c1)CNC2=O.Cc1nc2ccc(-c3nn(C)c4ncnc(N)c34)cc2o1. The summed E-state index contributed by atoms with van der Waals surface area (Å²) in [6, 6.07) is 26.8. The van der Waals surface area contributed by atoms with Gasteiger partial charge in [0.15, 0.2) is 40.0 Å². The van der Waals surface area contributed by atoms with E-state index in [1.54, 1.807) is 64.8 Å². The molecule has 0 spiro atoms. The van der Waals surface area contributed by atoms with Crippen molar-refractivity contribution in [2.75, 3.05) is 78.9 Å². The summed E-state index contributed by atoms with van der Waals surface area (Å²) in [4.78, 5) is 71.2. The molecule has 1 fully saturated rings. The molecule has 0 bridgehead atoms. The van der Waals surface area contributed by atoms with Crippen LogP contribution in [0.3, 0.4) is 0 Å². The molecule has 0 unspecified atom stereocenters. The van der Waals surface area contributed by atoms with Crippen molar-refractivity contribution in [3.05, 3.63) is 184 Å². The van der Waals surface area contributed by atoms with E-state index in [1.807, 2.05) is 110 Å². The normalized spacial score (nSPS) is 12.8. The lowest BCUT2D eigenvalue weighted by atomic mass is 9.99. The molecule has 12 heterocycles. The number of fused-ring (bicyclic) bond motifs is 6. The van der Waals surface area contributed by atoms with E-state index >= 15 is 0 Å². The van der Waals surface area contributed by atoms with Gasteiger partial charge in [0.05, 0.1) is 69.2 Å². The minimum Gasteiger partial charge on any atom is -0.489 e. The number of nitrogens with two attached hydrogens (primary N) is 4. The molecule has 1 saturated heterocycles. The number of oxazole rings is 1. The Bertz CT molecular complexity index is 5970. The number of nitrogen functional groups attached to an aromatic ring is 4. The van der Waals surface area contributed by atoms with Crippen molar-refractivity contribution in [1.29, 1.82) is 10.8 Å². The van der Waals surface area contributed by atoms with Crippen LogP contribution in [0.5, 0.6) is 11.5 Å². The summed E-state index contributed by atoms with van der Waals surface area (Å²) in [6.07, 6.45) is 7.06. The fraction of sp³-hybridized carbons (Fsp3) is 0.237. The summed E-state index contributed by atoms with van der Waals surface area (Å²) >= 11 is 6.30. The predicted molar refractivity (Wildman–Crippen MR) is 425 cm³/mol. The van der Waals surface area contributed by atoms with Gasteiger partial charge in [-0.25, -0.2) is 73.3 Å². The first-order chi connectivity index (χ1) is 53.9. The summed E-state index contributed by atoms with van der Waals surface area (Å²) in [5.41, 5.74) is 37.4. The van der Waals surface area contributed by atoms with E-state index in [-0.39, 0.29) is 52.8 Å². The number of anilines is 7. The van der Waals surface area contributed by atoms with Crippen molar-refractivity contribution < 1.29 is 32.6 Å². The Labute approximate surface area is 644 Å². The summed E-state index contributed by atoms with van der Waals surface area (Å²) in [5, 5.41) is 44.4. The number of ether oxygens (including phenoxy) is 3. The molecule has 14 aromatic rings. The van der Waals surface area contributed by atoms with Crippen molar-refractivity contribution in [2.45, 2.75) is 59.9 Å². The van der Waals surface area contributed by atoms with Gasteiger partial charge >= 0.3 is 0 Å². The van der Waals surface area contributed by atoms with Crippen molar-refractivity contribution in [3.8, 4) is 45.3 Å². The molecule has 572 valence electrons. The summed E-state index contributed by atoms with van der Waals surface area (Å²) in [5.74, 6) is 3.97. The maximum absolute atomic E-state index is 14.5. The first-order valence-corrected chi connectivity index (χ1v) is 35.5. The lowest BCUT2D eigenvalue weighted by Crippen LogP contribution is -2.36. The number of aromatic nitrogens is 17. The molecule has 2 amide bonds. The monoisotopic (exact) mass is 1530 g/mol. The highest BCUT2D eigenvalue weighted by Crippen LogP contribution is 2.38. The Balaban J connectivity index is 0.000000123. The van der Waals surface area contributed by atoms with Gasteiger partial charge in [0.2, 0.25) is 0 Å². The van der Waals surface area contributed by atoms with Crippen LogP contribution >= 0.6 is 11.6 Å². The molecule has 5 aromatic carbocycles. The van der Waals surface area contributed by atoms with Gasteiger partial charge in [0.1, 0.15) is 101 Å². The molecule has 0 radical (unpaired) electrons. The largest absolute Gasteiger partial charge is 0.489 e. The van der Waals surface area contributed by atoms with Crippen LogP contribution in [0.2, 0.25) is 5.02 Å². The van der Waals surface area contributed by atoms with Gasteiger partial charge in [-0.05, 0) is 106 Å². The number of amides is 2. The van der Waals surface area contributed by atoms with Crippen LogP contribution in [0.1, 0.15) is 87.7 Å². The number of rotatable bonds is 14. The minimum atomic E-state index is -0.412. The van der Waals surface area contributed by atoms with Gasteiger partial charge in [-0.15, -0.1) is 0 Å². The highest BCUT2D eigenvalue weighted by atomic mass is 35.5. The fourth-order valence-electron chi connectivity index (χ4n) is 12.8. The third kappa shape index (κ3) is 15.7. The van der Waals surface area contributed by atoms with Crippen LogP contribution in [0.15, 0.2) is 127 Å². The lowest BCUT2D eigenvalue weighted by Gasteiger charge is -2.28. The molecule has 0 atom stereocenters. The number of hydrogen-bond acceptors (Lipinski definition) is 29. The molecule has 9 aromatic heterocycles. The topological polar surface area (TPSA) is 473 Å². The zero-order valence-electron chi connectivity index (χ0n) is 62.5. The first-order valence-electron chi connectivity index (χ1n) is 35.1. The third-order valence-corrected chi connectivity index (χ3v) is 18.3. The smallest absolute Gasteiger partial charge is 0.251 e. The van der Waals surface area contributed by atoms with Gasteiger partial charge in [0, 0.05) is 107 Å². The second kappa shape index (κ2) is 32.5. The highest BCUT2D eigenvalue weighted by Gasteiger charge is 2.27. The van der Waals surface area contributed by atoms with E-state index in [4.69, 9.17) is 64.0 Å². The number of hydrogen-bond donors (Lipinski definition) is 10. The second-order valence-electron chi connectivity index (χ2n) is 26.2. The summed E-state index contributed by atoms with van der Waals surface area (Å²) in [6.45, 7) is 13.3. The number of carbonyl (C=O) groups excluding carboxylic acids is 2. The maximum Gasteiger partial charge on any atom is 0.251 e. The van der Waals surface area contributed by atoms with Gasteiger partial charge in [0.25, 0.3) is 11.8 Å². The first kappa shape index (κ1) is 76.2. The van der Waals surface area contributed by atoms with Crippen molar-refractivity contribution in [2.24, 2.45) is 21.1 Å². The standard InChI is InChI=1S/C19H22FN5O2.C15H16ClN5O.C14H12N6O.2C14H14N6O/c1-12(2)27-15-5-4-13(10-14(15)20)17-16-18(24(3)23-17)21-11-22-19(16)25-6-8-26-9-7-25;1-8(2)22-11-5-4-9(6-10(11)16)13-12-14(17)18-7-19-15(12)21(3)20-13;1-7-18-9-4-3-8(5-10(9)21-7)12-11-13(15)16-6-17-14(11)20(2)19-12;1-17-13-10(12(16)19-6-20-13)11(15)7-2-3-9-8(4-7)5-18-14(9)21;1-17-13-10(12(16)19-6-20-13)11(15)7-2-3-8-5-18-14(21)9(8)4-7/h4-5,10-12H,6-9H2,1-3H3;4-8H,1-3H3,(H2,17,18,19);3-6H,1-2H3,(H2,15,16,17);2*2-4,6,15H,5H2,1H3,(H,18,21)(H3,16,17,19,20). The van der Waals surface area contributed by atoms with Gasteiger partial charge in [-0.3, -0.25) is 20.4 Å². The summed E-state index contributed by atoms with van der Waals surface area (Å²) in [7, 11) is 8.89. The van der Waals surface area contributed by atoms with Crippen LogP contribution < -0.4 is 58.6 Å². The zero-order chi connectivity index (χ0) is 79.3. The average Bonchev–Trinajstić information content (AvgIpc) is 1.64. The molecular formula is C76H78ClFN28O6. The highest BCUT2D eigenvalue weighted by molar-refractivity contribution is 6.32. The molecule has 112 heavy (non-hydrogen) atoms. The molecule has 3 aliphatic heterocycles. The predicted octanol–water partition coefficient (Wildman–Crippen LogP) is 9.43. The second-order valence-corrected chi connectivity index (χ2v) is 26.6. The van der Waals surface area contributed by atoms with Crippen molar-refractivity contribution >= 4 is 120 Å². The Morgan fingerprint density at radius 3 is 1.59 bits per heavy atom. The Morgan fingerprint density at radius 1 is 0.554 bits per heavy atom. The maximum atomic E-state index is 14.5. The van der Waals surface area contributed by atoms with Crippen LogP contribution in [-0.2, 0) is 39.0 Å². The van der Waals surface area contributed by atoms with E-state index in [0.717, 1.165) is 74.1 Å². The molecule has 14 N–H and O–H groups in total. The Kier molecular flexibility index (Phi) is 22.1.